The van der Waals surface area contributed by atoms with Crippen molar-refractivity contribution < 1.29 is 9.59 Å². The first kappa shape index (κ1) is 16.0. The number of imide groups is 1. The molecule has 22 heavy (non-hydrogen) atoms. The van der Waals surface area contributed by atoms with Crippen molar-refractivity contribution in [2.75, 3.05) is 0 Å². The molecule has 0 spiro atoms. The fraction of sp³-hybridized carbons (Fsp3) is 0.286. The zero-order valence-electron chi connectivity index (χ0n) is 12.3. The predicted molar refractivity (Wildman–Crippen MR) is 83.3 cm³/mol. The second kappa shape index (κ2) is 7.08. The number of nitrogens with one attached hydrogen (secondary N) is 1. The molecule has 1 aromatic heterocycles. The van der Waals surface area contributed by atoms with Crippen LogP contribution in [0, 0.1) is 0 Å². The summed E-state index contributed by atoms with van der Waals surface area (Å²) in [6.45, 7) is 1.68. The van der Waals surface area contributed by atoms with Gasteiger partial charge < -0.3 is 10.3 Å². The average Bonchev–Trinajstić information content (AvgIpc) is 2.80. The minimum Gasteiger partial charge on any atom is -0.351 e. The number of thioether (sulfide) groups is 1. The lowest BCUT2D eigenvalue weighted by Gasteiger charge is -2.09. The second-order valence-electron chi connectivity index (χ2n) is 4.73. The van der Waals surface area contributed by atoms with E-state index in [-0.39, 0.29) is 0 Å². The Hall–Kier alpha value is -2.35. The van der Waals surface area contributed by atoms with Crippen molar-refractivity contribution in [2.45, 2.75) is 23.8 Å². The number of hydrogen-bond donors (Lipinski definition) is 2. The molecule has 0 saturated heterocycles. The molecule has 3 N–H and O–H groups in total. The molecule has 8 heteroatoms. The normalized spacial score (nSPS) is 11.9. The van der Waals surface area contributed by atoms with Crippen molar-refractivity contribution >= 4 is 23.7 Å². The maximum absolute atomic E-state index is 11.7. The van der Waals surface area contributed by atoms with Crippen LogP contribution in [0.3, 0.4) is 0 Å². The smallest absolute Gasteiger partial charge is 0.318 e. The summed E-state index contributed by atoms with van der Waals surface area (Å²) in [7, 11) is 1.85. The molecule has 2 aromatic rings. The molecule has 0 unspecified atom stereocenters. The maximum Gasteiger partial charge on any atom is 0.318 e. The van der Waals surface area contributed by atoms with E-state index in [1.54, 1.807) is 6.92 Å². The zero-order valence-corrected chi connectivity index (χ0v) is 13.1. The number of nitrogens with two attached hydrogens (primary N) is 1. The minimum absolute atomic E-state index is 0.454. The van der Waals surface area contributed by atoms with E-state index in [9.17, 15) is 9.59 Å². The van der Waals surface area contributed by atoms with E-state index < -0.39 is 17.2 Å². The molecule has 0 bridgehead atoms. The van der Waals surface area contributed by atoms with Crippen LogP contribution < -0.4 is 11.1 Å². The highest BCUT2D eigenvalue weighted by Crippen LogP contribution is 2.22. The van der Waals surface area contributed by atoms with Crippen molar-refractivity contribution in [1.29, 1.82) is 0 Å². The van der Waals surface area contributed by atoms with Crippen molar-refractivity contribution in [3.8, 4) is 0 Å². The summed E-state index contributed by atoms with van der Waals surface area (Å²) < 4.78 is 1.84. The molecule has 2 rings (SSSR count). The Balaban J connectivity index is 2.04. The molecule has 1 atom stereocenters. The minimum atomic E-state index is -0.861. The van der Waals surface area contributed by atoms with E-state index >= 15 is 0 Å². The van der Waals surface area contributed by atoms with Crippen LogP contribution in [0.2, 0.25) is 0 Å². The van der Waals surface area contributed by atoms with Gasteiger partial charge in [0, 0.05) is 13.5 Å². The Morgan fingerprint density at radius 1 is 1.32 bits per heavy atom. The van der Waals surface area contributed by atoms with Crippen LogP contribution in [0.25, 0.3) is 0 Å². The SMILES string of the molecule is C[C@H](Sc1nnc(Cc2ccccc2)n1C)C(=O)NC(N)=O. The van der Waals surface area contributed by atoms with Gasteiger partial charge in [-0.2, -0.15) is 0 Å². The van der Waals surface area contributed by atoms with Crippen LogP contribution in [-0.2, 0) is 18.3 Å². The van der Waals surface area contributed by atoms with E-state index in [0.29, 0.717) is 11.6 Å². The number of carbonyl (C=O) groups excluding carboxylic acids is 2. The van der Waals surface area contributed by atoms with Crippen LogP contribution in [0.15, 0.2) is 35.5 Å². The van der Waals surface area contributed by atoms with Gasteiger partial charge in [0.1, 0.15) is 5.82 Å². The summed E-state index contributed by atoms with van der Waals surface area (Å²) in [6.07, 6.45) is 0.659. The number of amides is 3. The van der Waals surface area contributed by atoms with Gasteiger partial charge in [-0.25, -0.2) is 4.79 Å². The average molecular weight is 319 g/mol. The molecule has 0 aliphatic carbocycles. The Bertz CT molecular complexity index is 671. The molecule has 0 radical (unpaired) electrons. The number of nitrogens with zero attached hydrogens (tertiary/aromatic N) is 3. The molecule has 7 nitrogen and oxygen atoms in total. The van der Waals surface area contributed by atoms with Crippen molar-refractivity contribution in [3.05, 3.63) is 41.7 Å². The Labute approximate surface area is 132 Å². The third-order valence-corrected chi connectivity index (χ3v) is 4.16. The summed E-state index contributed by atoms with van der Waals surface area (Å²) in [5.41, 5.74) is 6.06. The number of aromatic nitrogens is 3. The van der Waals surface area contributed by atoms with Crippen LogP contribution in [0.4, 0.5) is 4.79 Å². The summed E-state index contributed by atoms with van der Waals surface area (Å²) in [4.78, 5) is 22.4. The molecular weight excluding hydrogens is 302 g/mol. The van der Waals surface area contributed by atoms with Crippen molar-refractivity contribution in [1.82, 2.24) is 20.1 Å². The van der Waals surface area contributed by atoms with Crippen LogP contribution in [0.5, 0.6) is 0 Å². The van der Waals surface area contributed by atoms with Gasteiger partial charge in [0.15, 0.2) is 5.16 Å². The van der Waals surface area contributed by atoms with Gasteiger partial charge >= 0.3 is 6.03 Å². The van der Waals surface area contributed by atoms with E-state index in [1.807, 2.05) is 41.9 Å². The molecule has 0 aliphatic rings. The van der Waals surface area contributed by atoms with E-state index in [2.05, 4.69) is 15.5 Å². The van der Waals surface area contributed by atoms with Gasteiger partial charge in [-0.05, 0) is 12.5 Å². The second-order valence-corrected chi connectivity index (χ2v) is 6.04. The van der Waals surface area contributed by atoms with Gasteiger partial charge in [-0.1, -0.05) is 42.1 Å². The molecule has 1 heterocycles. The Kier molecular flexibility index (Phi) is 5.16. The van der Waals surface area contributed by atoms with Gasteiger partial charge in [-0.15, -0.1) is 10.2 Å². The Morgan fingerprint density at radius 2 is 2.00 bits per heavy atom. The zero-order chi connectivity index (χ0) is 16.1. The molecule has 0 fully saturated rings. The lowest BCUT2D eigenvalue weighted by Crippen LogP contribution is -2.39. The quantitative estimate of drug-likeness (QED) is 0.803. The highest BCUT2D eigenvalue weighted by molar-refractivity contribution is 8.00. The first-order chi connectivity index (χ1) is 10.5. The topological polar surface area (TPSA) is 103 Å². The van der Waals surface area contributed by atoms with Crippen molar-refractivity contribution in [2.24, 2.45) is 12.8 Å². The molecule has 3 amide bonds. The number of carbonyl (C=O) groups is 2. The number of benzene rings is 1. The predicted octanol–water partition coefficient (Wildman–Crippen LogP) is 1.08. The molecule has 0 aliphatic heterocycles. The number of urea groups is 1. The molecule has 0 saturated carbocycles. The lowest BCUT2D eigenvalue weighted by molar-refractivity contribution is -0.119. The summed E-state index contributed by atoms with van der Waals surface area (Å²) >= 11 is 1.22. The van der Waals surface area contributed by atoms with E-state index in [0.717, 1.165) is 11.4 Å². The molecular formula is C14H17N5O2S. The first-order valence-corrected chi connectivity index (χ1v) is 7.54. The Morgan fingerprint density at radius 3 is 2.64 bits per heavy atom. The fourth-order valence-corrected chi connectivity index (χ4v) is 2.65. The molecule has 116 valence electrons. The summed E-state index contributed by atoms with van der Waals surface area (Å²) in [5, 5.41) is 10.4. The van der Waals surface area contributed by atoms with Gasteiger partial charge in [0.2, 0.25) is 5.91 Å². The third-order valence-electron chi connectivity index (χ3n) is 3.03. The highest BCUT2D eigenvalue weighted by Gasteiger charge is 2.19. The number of primary amides is 1. The van der Waals surface area contributed by atoms with Gasteiger partial charge in [0.05, 0.1) is 5.25 Å². The highest BCUT2D eigenvalue weighted by atomic mass is 32.2. The first-order valence-electron chi connectivity index (χ1n) is 6.66. The standard InChI is InChI=1S/C14H17N5O2S/c1-9(12(20)16-13(15)21)22-14-18-17-11(19(14)2)8-10-6-4-3-5-7-10/h3-7,9H,8H2,1-2H3,(H3,15,16,20,21)/t9-/m0/s1. The monoisotopic (exact) mass is 319 g/mol. The fourth-order valence-electron chi connectivity index (χ4n) is 1.81. The molecule has 1 aromatic carbocycles. The van der Waals surface area contributed by atoms with E-state index in [1.165, 1.54) is 11.8 Å². The van der Waals surface area contributed by atoms with Crippen LogP contribution in [-0.4, -0.2) is 32.0 Å². The third kappa shape index (κ3) is 4.08. The van der Waals surface area contributed by atoms with Crippen LogP contribution >= 0.6 is 11.8 Å². The summed E-state index contributed by atoms with van der Waals surface area (Å²) in [6, 6.07) is 9.07. The number of rotatable bonds is 5. The largest absolute Gasteiger partial charge is 0.351 e. The summed E-state index contributed by atoms with van der Waals surface area (Å²) in [5.74, 6) is 0.348. The maximum atomic E-state index is 11.7. The van der Waals surface area contributed by atoms with E-state index in [4.69, 9.17) is 5.73 Å². The van der Waals surface area contributed by atoms with Crippen molar-refractivity contribution in [3.63, 3.8) is 0 Å². The van der Waals surface area contributed by atoms with Crippen LogP contribution in [0.1, 0.15) is 18.3 Å². The van der Waals surface area contributed by atoms with Gasteiger partial charge in [-0.3, -0.25) is 10.1 Å². The lowest BCUT2D eigenvalue weighted by atomic mass is 10.1. The number of hydrogen-bond acceptors (Lipinski definition) is 5. The van der Waals surface area contributed by atoms with Gasteiger partial charge in [0.25, 0.3) is 0 Å².